The fraction of sp³-hybridized carbons (Fsp3) is 0.579. The predicted octanol–water partition coefficient (Wildman–Crippen LogP) is 2.73. The fourth-order valence-electron chi connectivity index (χ4n) is 2.68. The fourth-order valence-corrected chi connectivity index (χ4v) is 2.68. The van der Waals surface area contributed by atoms with Crippen molar-refractivity contribution in [3.8, 4) is 5.75 Å². The van der Waals surface area contributed by atoms with Crippen LogP contribution in [0.1, 0.15) is 39.2 Å². The summed E-state index contributed by atoms with van der Waals surface area (Å²) in [6, 6.07) is 7.76. The van der Waals surface area contributed by atoms with Gasteiger partial charge in [0.05, 0.1) is 13.7 Å². The van der Waals surface area contributed by atoms with Gasteiger partial charge in [0.2, 0.25) is 11.8 Å². The summed E-state index contributed by atoms with van der Waals surface area (Å²) < 4.78 is 5.34. The third-order valence-corrected chi connectivity index (χ3v) is 3.95. The summed E-state index contributed by atoms with van der Waals surface area (Å²) >= 11 is 0. The van der Waals surface area contributed by atoms with Gasteiger partial charge in [0.25, 0.3) is 0 Å². The van der Waals surface area contributed by atoms with Gasteiger partial charge >= 0.3 is 0 Å². The number of rotatable bonds is 10. The van der Waals surface area contributed by atoms with Crippen molar-refractivity contribution in [2.24, 2.45) is 0 Å². The minimum absolute atomic E-state index is 0.0222. The number of nitrogens with zero attached hydrogens (tertiary/aromatic N) is 2. The summed E-state index contributed by atoms with van der Waals surface area (Å²) in [5, 5.41) is 0. The molecule has 0 N–H and O–H groups in total. The largest absolute Gasteiger partial charge is 0.496 e. The highest BCUT2D eigenvalue weighted by Gasteiger charge is 2.18. The van der Waals surface area contributed by atoms with E-state index in [2.05, 4.69) is 13.8 Å². The molecule has 5 heteroatoms. The number of hydrogen-bond donors (Lipinski definition) is 0. The van der Waals surface area contributed by atoms with Gasteiger partial charge in [-0.2, -0.15) is 0 Å². The summed E-state index contributed by atoms with van der Waals surface area (Å²) in [4.78, 5) is 27.9. The van der Waals surface area contributed by atoms with Gasteiger partial charge < -0.3 is 14.5 Å². The van der Waals surface area contributed by atoms with Gasteiger partial charge in [-0.05, 0) is 30.9 Å². The summed E-state index contributed by atoms with van der Waals surface area (Å²) in [5.74, 6) is 0.756. The van der Waals surface area contributed by atoms with E-state index in [9.17, 15) is 9.59 Å². The highest BCUT2D eigenvalue weighted by molar-refractivity contribution is 5.83. The lowest BCUT2D eigenvalue weighted by molar-refractivity contribution is -0.139. The maximum Gasteiger partial charge on any atom is 0.242 e. The molecule has 0 bridgehead atoms. The molecule has 0 saturated carbocycles. The Hall–Kier alpha value is -2.04. The van der Waals surface area contributed by atoms with E-state index in [4.69, 9.17) is 4.74 Å². The van der Waals surface area contributed by atoms with Gasteiger partial charge in [-0.3, -0.25) is 9.59 Å². The average molecular weight is 334 g/mol. The van der Waals surface area contributed by atoms with Crippen molar-refractivity contribution in [2.45, 2.75) is 40.0 Å². The Bertz CT molecular complexity index is 525. The number of methoxy groups -OCH3 is 1. The van der Waals surface area contributed by atoms with Gasteiger partial charge in [0.15, 0.2) is 0 Å². The molecule has 0 heterocycles. The number of hydrogen-bond acceptors (Lipinski definition) is 3. The molecule has 0 aliphatic rings. The van der Waals surface area contributed by atoms with E-state index in [1.807, 2.05) is 29.2 Å². The molecule has 24 heavy (non-hydrogen) atoms. The molecule has 0 unspecified atom stereocenters. The molecule has 0 atom stereocenters. The van der Waals surface area contributed by atoms with Crippen molar-refractivity contribution in [3.05, 3.63) is 29.8 Å². The molecule has 1 rings (SSSR count). The second kappa shape index (κ2) is 10.7. The van der Waals surface area contributed by atoms with Crippen LogP contribution in [0.4, 0.5) is 0 Å². The topological polar surface area (TPSA) is 49.9 Å². The zero-order valence-electron chi connectivity index (χ0n) is 15.4. The molecule has 1 aromatic carbocycles. The number of ether oxygens (including phenoxy) is 1. The van der Waals surface area contributed by atoms with Crippen LogP contribution in [0.15, 0.2) is 24.3 Å². The van der Waals surface area contributed by atoms with Crippen LogP contribution in [0.2, 0.25) is 0 Å². The van der Waals surface area contributed by atoms with Crippen molar-refractivity contribution in [2.75, 3.05) is 33.3 Å². The summed E-state index contributed by atoms with van der Waals surface area (Å²) in [6.45, 7) is 7.76. The van der Waals surface area contributed by atoms with Crippen LogP contribution in [0.3, 0.4) is 0 Å². The first-order valence-corrected chi connectivity index (χ1v) is 8.68. The summed E-state index contributed by atoms with van der Waals surface area (Å²) in [5.41, 5.74) is 1.04. The van der Waals surface area contributed by atoms with Gasteiger partial charge in [-0.25, -0.2) is 0 Å². The monoisotopic (exact) mass is 334 g/mol. The highest BCUT2D eigenvalue weighted by Crippen LogP contribution is 2.18. The minimum atomic E-state index is -0.0776. The number of carbonyl (C=O) groups is 2. The van der Waals surface area contributed by atoms with Crippen LogP contribution in [-0.4, -0.2) is 54.9 Å². The number of para-hydroxylation sites is 1. The van der Waals surface area contributed by atoms with Gasteiger partial charge in [-0.1, -0.05) is 32.0 Å². The highest BCUT2D eigenvalue weighted by atomic mass is 16.5. The number of benzene rings is 1. The molecule has 0 spiro atoms. The van der Waals surface area contributed by atoms with Crippen LogP contribution < -0.4 is 4.74 Å². The molecule has 1 aromatic rings. The Morgan fingerprint density at radius 3 is 2.17 bits per heavy atom. The van der Waals surface area contributed by atoms with Gasteiger partial charge in [0.1, 0.15) is 5.75 Å². The Labute approximate surface area is 145 Å². The van der Waals surface area contributed by atoms with Crippen LogP contribution in [0.5, 0.6) is 5.75 Å². The normalized spacial score (nSPS) is 10.3. The minimum Gasteiger partial charge on any atom is -0.496 e. The molecule has 5 nitrogen and oxygen atoms in total. The summed E-state index contributed by atoms with van der Waals surface area (Å²) in [6.07, 6.45) is 2.51. The summed E-state index contributed by atoms with van der Waals surface area (Å²) in [7, 11) is 1.64. The molecular formula is C19H30N2O3. The van der Waals surface area contributed by atoms with Crippen molar-refractivity contribution in [1.82, 2.24) is 9.80 Å². The average Bonchev–Trinajstić information content (AvgIpc) is 2.58. The molecule has 0 aromatic heterocycles. The van der Waals surface area contributed by atoms with E-state index in [-0.39, 0.29) is 18.4 Å². The van der Waals surface area contributed by atoms with Crippen molar-refractivity contribution >= 4 is 11.8 Å². The standard InChI is InChI=1S/C19H30N2O3/c1-5-12-20(13-6-2)19(23)15-21(16(3)22)14-11-17-9-7-8-10-18(17)24-4/h7-10H,5-6,11-15H2,1-4H3. The lowest BCUT2D eigenvalue weighted by Crippen LogP contribution is -2.43. The second-order valence-electron chi connectivity index (χ2n) is 5.88. The molecule has 0 radical (unpaired) electrons. The van der Waals surface area contributed by atoms with Gasteiger partial charge in [-0.15, -0.1) is 0 Å². The van der Waals surface area contributed by atoms with E-state index in [1.165, 1.54) is 6.92 Å². The Kier molecular flexibility index (Phi) is 8.90. The molecular weight excluding hydrogens is 304 g/mol. The zero-order valence-corrected chi connectivity index (χ0v) is 15.4. The predicted molar refractivity (Wildman–Crippen MR) is 96.1 cm³/mol. The lowest BCUT2D eigenvalue weighted by atomic mass is 10.1. The molecule has 0 aliphatic carbocycles. The SMILES string of the molecule is CCCN(CCC)C(=O)CN(CCc1ccccc1OC)C(C)=O. The maximum atomic E-state index is 12.5. The first kappa shape index (κ1) is 20.0. The molecule has 134 valence electrons. The number of carbonyl (C=O) groups excluding carboxylic acids is 2. The zero-order chi connectivity index (χ0) is 17.9. The number of amides is 2. The smallest absolute Gasteiger partial charge is 0.242 e. The van der Waals surface area contributed by atoms with Crippen LogP contribution in [0.25, 0.3) is 0 Å². The van der Waals surface area contributed by atoms with E-state index >= 15 is 0 Å². The first-order chi connectivity index (χ1) is 11.5. The third-order valence-electron chi connectivity index (χ3n) is 3.95. The Balaban J connectivity index is 2.70. The van der Waals surface area contributed by atoms with Crippen molar-refractivity contribution < 1.29 is 14.3 Å². The second-order valence-corrected chi connectivity index (χ2v) is 5.88. The maximum absolute atomic E-state index is 12.5. The van der Waals surface area contributed by atoms with Crippen LogP contribution in [-0.2, 0) is 16.0 Å². The lowest BCUT2D eigenvalue weighted by Gasteiger charge is -2.26. The molecule has 2 amide bonds. The molecule has 0 aliphatic heterocycles. The van der Waals surface area contributed by atoms with Crippen molar-refractivity contribution in [1.29, 1.82) is 0 Å². The quantitative estimate of drug-likeness (QED) is 0.661. The molecule has 0 fully saturated rings. The van der Waals surface area contributed by atoms with Gasteiger partial charge in [0, 0.05) is 26.6 Å². The first-order valence-electron chi connectivity index (χ1n) is 8.68. The molecule has 0 saturated heterocycles. The van der Waals surface area contributed by atoms with Crippen molar-refractivity contribution in [3.63, 3.8) is 0 Å². The van der Waals surface area contributed by atoms with E-state index in [0.717, 1.165) is 37.2 Å². The Morgan fingerprint density at radius 1 is 1.00 bits per heavy atom. The Morgan fingerprint density at radius 2 is 1.62 bits per heavy atom. The van der Waals surface area contributed by atoms with E-state index < -0.39 is 0 Å². The van der Waals surface area contributed by atoms with Crippen LogP contribution >= 0.6 is 0 Å². The van der Waals surface area contributed by atoms with E-state index in [0.29, 0.717) is 13.0 Å². The van der Waals surface area contributed by atoms with E-state index in [1.54, 1.807) is 12.0 Å². The van der Waals surface area contributed by atoms with Crippen LogP contribution in [0, 0.1) is 0 Å². The third kappa shape index (κ3) is 6.22.